The minimum Gasteiger partial charge on any atom is -0.399 e. The molecule has 5 heterocycles. The topological polar surface area (TPSA) is 143 Å². The first-order valence-electron chi connectivity index (χ1n) is 22.6. The van der Waals surface area contributed by atoms with E-state index in [0.29, 0.717) is 76.7 Å². The van der Waals surface area contributed by atoms with E-state index in [0.717, 1.165) is 72.4 Å². The van der Waals surface area contributed by atoms with Crippen LogP contribution in [-0.4, -0.2) is 47.4 Å². The van der Waals surface area contributed by atoms with Gasteiger partial charge in [-0.1, -0.05) is 36.4 Å². The SMILES string of the molecule is Nc1ccc(C(=O)N2CCc3cc(C(=O)CC4CC4)sc3-c3ccccc32)cc1.O=C(CC1CC1)c1cc2c(s1)-c1ccccc1N(C(=O)c1ccc(NC(=O)c3ccncc3Br)cc1)CC2. The fraction of sp³-hybridized carbons (Fsp3) is 0.222. The minimum absolute atomic E-state index is 0.0300. The van der Waals surface area contributed by atoms with Crippen LogP contribution in [0.3, 0.4) is 0 Å². The van der Waals surface area contributed by atoms with E-state index in [2.05, 4.69) is 32.3 Å². The molecule has 2 aliphatic heterocycles. The molecule has 0 radical (unpaired) electrons. The molecule has 10 nitrogen and oxygen atoms in total. The van der Waals surface area contributed by atoms with Crippen molar-refractivity contribution in [2.24, 2.45) is 11.8 Å². The molecule has 0 spiro atoms. The standard InChI is InChI=1S/C30H24BrN3O3S.C24H22N2O2S/c31-24-17-32-13-11-22(24)29(36)33-21-9-7-19(8-10-21)30(37)34-14-12-20-16-27(26(35)15-18-5-6-18)38-28(20)23-3-1-2-4-25(23)34;25-18-9-7-16(8-10-18)24(28)26-12-11-17-14-22(21(27)13-15-5-6-15)29-23(17)19-3-1-2-4-20(19)26/h1-4,7-11,13,16-18H,5-6,12,14-15H2,(H,33,36);1-4,7-10,14-15H,5-6,11-13,25H2. The number of carbonyl (C=O) groups is 5. The van der Waals surface area contributed by atoms with Crippen molar-refractivity contribution >= 4 is 90.6 Å². The van der Waals surface area contributed by atoms with E-state index in [1.54, 1.807) is 89.7 Å². The first-order valence-corrected chi connectivity index (χ1v) is 25.0. The van der Waals surface area contributed by atoms with Crippen LogP contribution in [0.1, 0.15) is 100 Å². The molecule has 13 heteroatoms. The number of anilines is 4. The minimum atomic E-state index is -0.263. The van der Waals surface area contributed by atoms with Gasteiger partial charge in [-0.15, -0.1) is 22.7 Å². The number of para-hydroxylation sites is 2. The molecule has 2 saturated carbocycles. The van der Waals surface area contributed by atoms with Gasteiger partial charge in [0.1, 0.15) is 0 Å². The lowest BCUT2D eigenvalue weighted by atomic mass is 10.1. The lowest BCUT2D eigenvalue weighted by molar-refractivity contribution is 0.0971. The smallest absolute Gasteiger partial charge is 0.258 e. The predicted octanol–water partition coefficient (Wildman–Crippen LogP) is 12.2. The van der Waals surface area contributed by atoms with Gasteiger partial charge in [-0.3, -0.25) is 29.0 Å². The Morgan fingerprint density at radius 2 is 1.12 bits per heavy atom. The molecule has 0 bridgehead atoms. The second-order valence-corrected chi connectivity index (χ2v) is 20.5. The number of Topliss-reactive ketones (excluding diaryl/α,β-unsaturated/α-hetero) is 2. The second-order valence-electron chi connectivity index (χ2n) is 17.5. The molecule has 7 aromatic rings. The van der Waals surface area contributed by atoms with E-state index in [1.807, 2.05) is 64.4 Å². The number of ketones is 2. The van der Waals surface area contributed by atoms with Crippen molar-refractivity contribution in [3.63, 3.8) is 0 Å². The first kappa shape index (κ1) is 44.3. The Hall–Kier alpha value is -6.54. The van der Waals surface area contributed by atoms with Crippen LogP contribution >= 0.6 is 38.6 Å². The van der Waals surface area contributed by atoms with Crippen LogP contribution in [0.4, 0.5) is 22.7 Å². The van der Waals surface area contributed by atoms with Gasteiger partial charge in [-0.2, -0.15) is 0 Å². The second kappa shape index (κ2) is 19.0. The van der Waals surface area contributed by atoms with Gasteiger partial charge >= 0.3 is 0 Å². The van der Waals surface area contributed by atoms with Gasteiger partial charge in [0.25, 0.3) is 17.7 Å². The van der Waals surface area contributed by atoms with Gasteiger partial charge < -0.3 is 20.9 Å². The van der Waals surface area contributed by atoms with Crippen molar-refractivity contribution in [2.75, 3.05) is 33.9 Å². The molecule has 3 aromatic heterocycles. The summed E-state index contributed by atoms with van der Waals surface area (Å²) in [5, 5.41) is 2.86. The normalized spacial score (nSPS) is 14.8. The van der Waals surface area contributed by atoms with E-state index < -0.39 is 0 Å². The van der Waals surface area contributed by atoms with Crippen LogP contribution < -0.4 is 20.9 Å². The van der Waals surface area contributed by atoms with Crippen LogP contribution in [0.2, 0.25) is 0 Å². The van der Waals surface area contributed by atoms with Crippen molar-refractivity contribution in [1.29, 1.82) is 0 Å². The Balaban J connectivity index is 0.000000162. The Bertz CT molecular complexity index is 3060. The van der Waals surface area contributed by atoms with Crippen LogP contribution in [0, 0.1) is 11.8 Å². The molecule has 67 heavy (non-hydrogen) atoms. The van der Waals surface area contributed by atoms with E-state index >= 15 is 0 Å². The number of fused-ring (bicyclic) bond motifs is 6. The first-order chi connectivity index (χ1) is 32.6. The third kappa shape index (κ3) is 9.67. The summed E-state index contributed by atoms with van der Waals surface area (Å²) in [6, 6.07) is 35.6. The monoisotopic (exact) mass is 987 g/mol. The number of pyridine rings is 1. The zero-order valence-corrected chi connectivity index (χ0v) is 39.7. The Kier molecular flexibility index (Phi) is 12.6. The molecule has 3 N–H and O–H groups in total. The summed E-state index contributed by atoms with van der Waals surface area (Å²) < 4.78 is 0.608. The third-order valence-corrected chi connectivity index (χ3v) is 15.8. The maximum absolute atomic E-state index is 13.7. The van der Waals surface area contributed by atoms with Gasteiger partial charge in [0.2, 0.25) is 0 Å². The molecule has 4 aliphatic rings. The third-order valence-electron chi connectivity index (χ3n) is 12.7. The highest BCUT2D eigenvalue weighted by molar-refractivity contribution is 9.10. The van der Waals surface area contributed by atoms with Crippen molar-refractivity contribution in [3.8, 4) is 20.9 Å². The number of benzene rings is 4. The van der Waals surface area contributed by atoms with E-state index in [-0.39, 0.29) is 29.3 Å². The van der Waals surface area contributed by atoms with Crippen molar-refractivity contribution < 1.29 is 24.0 Å². The molecule has 0 unspecified atom stereocenters. The van der Waals surface area contributed by atoms with Crippen LogP contribution in [0.25, 0.3) is 20.9 Å². The summed E-state index contributed by atoms with van der Waals surface area (Å²) in [5.74, 6) is 1.25. The van der Waals surface area contributed by atoms with Gasteiger partial charge in [-0.05, 0) is 156 Å². The average Bonchev–Trinajstić information content (AvgIpc) is 4.28. The van der Waals surface area contributed by atoms with Gasteiger partial charge in [0.15, 0.2) is 11.6 Å². The molecule has 2 aliphatic carbocycles. The van der Waals surface area contributed by atoms with Crippen molar-refractivity contribution in [1.82, 2.24) is 4.98 Å². The summed E-state index contributed by atoms with van der Waals surface area (Å²) in [5.41, 5.74) is 14.7. The number of nitrogens with one attached hydrogen (secondary N) is 1. The highest BCUT2D eigenvalue weighted by Crippen LogP contribution is 2.45. The fourth-order valence-corrected chi connectivity index (χ4v) is 11.5. The Morgan fingerprint density at radius 1 is 0.642 bits per heavy atom. The number of rotatable bonds is 10. The summed E-state index contributed by atoms with van der Waals surface area (Å²) in [4.78, 5) is 76.5. The zero-order chi connectivity index (χ0) is 46.2. The number of nitrogens with two attached hydrogens (primary N) is 1. The van der Waals surface area contributed by atoms with Gasteiger partial charge in [-0.25, -0.2) is 0 Å². The number of aromatic nitrogens is 1. The van der Waals surface area contributed by atoms with Gasteiger partial charge in [0.05, 0.1) is 26.7 Å². The Morgan fingerprint density at radius 3 is 1.60 bits per heavy atom. The van der Waals surface area contributed by atoms with Crippen LogP contribution in [0.15, 0.2) is 132 Å². The summed E-state index contributed by atoms with van der Waals surface area (Å²) in [6.45, 7) is 1.10. The maximum atomic E-state index is 13.7. The molecular formula is C54H46BrN5O5S2. The Labute approximate surface area is 405 Å². The largest absolute Gasteiger partial charge is 0.399 e. The number of halogens is 1. The van der Waals surface area contributed by atoms with E-state index in [4.69, 9.17) is 5.73 Å². The number of nitrogens with zero attached hydrogens (tertiary/aromatic N) is 3. The molecule has 4 aromatic carbocycles. The molecular weight excluding hydrogens is 943 g/mol. The highest BCUT2D eigenvalue weighted by Gasteiger charge is 2.32. The fourth-order valence-electron chi connectivity index (χ4n) is 8.65. The zero-order valence-electron chi connectivity index (χ0n) is 36.5. The number of nitrogen functional groups attached to an aromatic ring is 1. The number of hydrogen-bond donors (Lipinski definition) is 2. The molecule has 0 saturated heterocycles. The molecule has 0 atom stereocenters. The highest BCUT2D eigenvalue weighted by atomic mass is 79.9. The average molecular weight is 989 g/mol. The molecule has 3 amide bonds. The number of hydrogen-bond acceptors (Lipinski definition) is 9. The van der Waals surface area contributed by atoms with E-state index in [9.17, 15) is 24.0 Å². The van der Waals surface area contributed by atoms with Crippen molar-refractivity contribution in [3.05, 3.63) is 170 Å². The lowest BCUT2D eigenvalue weighted by Crippen LogP contribution is -2.32. The lowest BCUT2D eigenvalue weighted by Gasteiger charge is -2.23. The summed E-state index contributed by atoms with van der Waals surface area (Å²) in [7, 11) is 0. The number of carbonyl (C=O) groups excluding carboxylic acids is 5. The van der Waals surface area contributed by atoms with Crippen molar-refractivity contribution in [2.45, 2.75) is 51.4 Å². The quantitative estimate of drug-likeness (QED) is 0.103. The molecule has 2 fully saturated rings. The van der Waals surface area contributed by atoms with Crippen LogP contribution in [-0.2, 0) is 12.8 Å². The number of thiophene rings is 2. The molecule has 11 rings (SSSR count). The number of amides is 3. The van der Waals surface area contributed by atoms with E-state index in [1.165, 1.54) is 12.8 Å². The summed E-state index contributed by atoms with van der Waals surface area (Å²) >= 11 is 6.47. The molecule has 336 valence electrons. The maximum Gasteiger partial charge on any atom is 0.258 e. The van der Waals surface area contributed by atoms with Crippen LogP contribution in [0.5, 0.6) is 0 Å². The van der Waals surface area contributed by atoms with Gasteiger partial charge in [0, 0.05) is 86.2 Å². The summed E-state index contributed by atoms with van der Waals surface area (Å²) in [6.07, 6.45) is 10.5. The predicted molar refractivity (Wildman–Crippen MR) is 271 cm³/mol.